The minimum absolute atomic E-state index is 0.274. The molecule has 2 aromatic carbocycles. The topological polar surface area (TPSA) is 38.9 Å². The van der Waals surface area contributed by atoms with Gasteiger partial charge in [0.1, 0.15) is 5.82 Å². The van der Waals surface area contributed by atoms with E-state index in [1.54, 1.807) is 12.3 Å². The smallest absolute Gasteiger partial charge is 0.123 e. The molecule has 1 unspecified atom stereocenters. The first-order valence-electron chi connectivity index (χ1n) is 7.03. The Labute approximate surface area is 123 Å². The van der Waals surface area contributed by atoms with Crippen molar-refractivity contribution >= 4 is 10.9 Å². The predicted octanol–water partition coefficient (Wildman–Crippen LogP) is 3.99. The summed E-state index contributed by atoms with van der Waals surface area (Å²) in [5.41, 5.74) is 8.45. The second-order valence-electron chi connectivity index (χ2n) is 5.25. The Balaban J connectivity index is 2.16. The molecule has 0 spiro atoms. The molecular weight excluding hydrogens is 263 g/mol. The van der Waals surface area contributed by atoms with Crippen LogP contribution in [0.5, 0.6) is 0 Å². The maximum atomic E-state index is 13.5. The molecule has 0 aliphatic heterocycles. The summed E-state index contributed by atoms with van der Waals surface area (Å²) in [5.74, 6) is -0.274. The Kier molecular flexibility index (Phi) is 3.43. The number of rotatable bonds is 3. The summed E-state index contributed by atoms with van der Waals surface area (Å²) < 4.78 is 13.5. The van der Waals surface area contributed by atoms with Gasteiger partial charge in [-0.2, -0.15) is 0 Å². The predicted molar refractivity (Wildman–Crippen MR) is 83.4 cm³/mol. The summed E-state index contributed by atoms with van der Waals surface area (Å²) in [4.78, 5) is 4.47. The normalized spacial score (nSPS) is 14.0. The zero-order valence-corrected chi connectivity index (χ0v) is 11.9. The first-order valence-corrected chi connectivity index (χ1v) is 7.03. The van der Waals surface area contributed by atoms with Crippen molar-refractivity contribution in [3.63, 3.8) is 0 Å². The zero-order chi connectivity index (χ0) is 14.9. The van der Waals surface area contributed by atoms with Crippen molar-refractivity contribution < 1.29 is 4.39 Å². The SMILES string of the molecule is CCC(N)(c1cccc(F)c1)c1cnc2ccccc2c1. The van der Waals surface area contributed by atoms with Crippen LogP contribution in [0.25, 0.3) is 10.9 Å². The molecule has 1 atom stereocenters. The summed E-state index contributed by atoms with van der Waals surface area (Å²) in [7, 11) is 0. The Morgan fingerprint density at radius 3 is 2.62 bits per heavy atom. The van der Waals surface area contributed by atoms with Crippen molar-refractivity contribution in [2.75, 3.05) is 0 Å². The van der Waals surface area contributed by atoms with E-state index in [4.69, 9.17) is 5.73 Å². The average molecular weight is 280 g/mol. The number of halogens is 1. The van der Waals surface area contributed by atoms with Crippen LogP contribution in [0.3, 0.4) is 0 Å². The molecule has 3 rings (SSSR count). The first kappa shape index (κ1) is 13.7. The van der Waals surface area contributed by atoms with Crippen molar-refractivity contribution in [2.45, 2.75) is 18.9 Å². The highest BCUT2D eigenvalue weighted by atomic mass is 19.1. The van der Waals surface area contributed by atoms with Crippen molar-refractivity contribution in [1.82, 2.24) is 4.98 Å². The zero-order valence-electron chi connectivity index (χ0n) is 11.9. The van der Waals surface area contributed by atoms with Crippen LogP contribution in [0, 0.1) is 5.82 Å². The fraction of sp³-hybridized carbons (Fsp3) is 0.167. The van der Waals surface area contributed by atoms with E-state index in [1.807, 2.05) is 43.3 Å². The molecule has 1 aromatic heterocycles. The molecule has 0 radical (unpaired) electrons. The maximum Gasteiger partial charge on any atom is 0.123 e. The lowest BCUT2D eigenvalue weighted by Crippen LogP contribution is -2.37. The number of fused-ring (bicyclic) bond motifs is 1. The summed E-state index contributed by atoms with van der Waals surface area (Å²) >= 11 is 0. The second-order valence-corrected chi connectivity index (χ2v) is 5.25. The van der Waals surface area contributed by atoms with Crippen LogP contribution >= 0.6 is 0 Å². The van der Waals surface area contributed by atoms with E-state index >= 15 is 0 Å². The standard InChI is InChI=1S/C18H17FN2/c1-2-18(20,14-7-5-8-16(19)11-14)15-10-13-6-3-4-9-17(13)21-12-15/h3-12H,2,20H2,1H3. The minimum atomic E-state index is -0.737. The Bertz CT molecular complexity index is 785. The van der Waals surface area contributed by atoms with E-state index in [-0.39, 0.29) is 5.82 Å². The summed E-state index contributed by atoms with van der Waals surface area (Å²) in [6.45, 7) is 2.00. The van der Waals surface area contributed by atoms with E-state index < -0.39 is 5.54 Å². The van der Waals surface area contributed by atoms with E-state index in [1.165, 1.54) is 12.1 Å². The van der Waals surface area contributed by atoms with Crippen LogP contribution in [0.1, 0.15) is 24.5 Å². The van der Waals surface area contributed by atoms with Crippen molar-refractivity contribution in [3.05, 3.63) is 77.7 Å². The van der Waals surface area contributed by atoms with Crippen LogP contribution in [-0.2, 0) is 5.54 Å². The van der Waals surface area contributed by atoms with Gasteiger partial charge < -0.3 is 5.73 Å². The second kappa shape index (κ2) is 5.26. The molecule has 0 bridgehead atoms. The van der Waals surface area contributed by atoms with E-state index in [9.17, 15) is 4.39 Å². The van der Waals surface area contributed by atoms with Crippen LogP contribution in [0.2, 0.25) is 0 Å². The molecular formula is C18H17FN2. The van der Waals surface area contributed by atoms with Crippen LogP contribution in [0.4, 0.5) is 4.39 Å². The fourth-order valence-corrected chi connectivity index (χ4v) is 2.66. The van der Waals surface area contributed by atoms with Crippen molar-refractivity contribution in [1.29, 1.82) is 0 Å². The number of benzene rings is 2. The number of nitrogens with zero attached hydrogens (tertiary/aromatic N) is 1. The van der Waals surface area contributed by atoms with Crippen LogP contribution in [0.15, 0.2) is 60.8 Å². The Morgan fingerprint density at radius 1 is 1.05 bits per heavy atom. The van der Waals surface area contributed by atoms with Crippen molar-refractivity contribution in [3.8, 4) is 0 Å². The van der Waals surface area contributed by atoms with Gasteiger partial charge in [0.05, 0.1) is 11.1 Å². The molecule has 3 heteroatoms. The molecule has 106 valence electrons. The van der Waals surface area contributed by atoms with Gasteiger partial charge in [-0.05, 0) is 41.8 Å². The van der Waals surface area contributed by atoms with Gasteiger partial charge >= 0.3 is 0 Å². The number of para-hydroxylation sites is 1. The van der Waals surface area contributed by atoms with Crippen molar-refractivity contribution in [2.24, 2.45) is 5.73 Å². The molecule has 21 heavy (non-hydrogen) atoms. The third kappa shape index (κ3) is 2.41. The lowest BCUT2D eigenvalue weighted by atomic mass is 9.82. The molecule has 1 heterocycles. The first-order chi connectivity index (χ1) is 10.1. The number of aromatic nitrogens is 1. The van der Waals surface area contributed by atoms with Crippen LogP contribution in [-0.4, -0.2) is 4.98 Å². The van der Waals surface area contributed by atoms with Gasteiger partial charge in [-0.3, -0.25) is 4.98 Å². The molecule has 2 N–H and O–H groups in total. The lowest BCUT2D eigenvalue weighted by Gasteiger charge is -2.29. The minimum Gasteiger partial charge on any atom is -0.318 e. The molecule has 0 aliphatic carbocycles. The van der Waals surface area contributed by atoms with Gasteiger partial charge in [0.15, 0.2) is 0 Å². The number of hydrogen-bond donors (Lipinski definition) is 1. The van der Waals surface area contributed by atoms with Gasteiger partial charge in [-0.1, -0.05) is 37.3 Å². The molecule has 2 nitrogen and oxygen atoms in total. The molecule has 0 saturated heterocycles. The average Bonchev–Trinajstić information content (AvgIpc) is 2.53. The van der Waals surface area contributed by atoms with E-state index in [0.717, 1.165) is 22.0 Å². The maximum absolute atomic E-state index is 13.5. The molecule has 3 aromatic rings. The Hall–Kier alpha value is -2.26. The Morgan fingerprint density at radius 2 is 1.86 bits per heavy atom. The third-order valence-electron chi connectivity index (χ3n) is 4.00. The van der Waals surface area contributed by atoms with E-state index in [2.05, 4.69) is 4.98 Å². The summed E-state index contributed by atoms with van der Waals surface area (Å²) in [6, 6.07) is 16.4. The molecule has 0 fully saturated rings. The summed E-state index contributed by atoms with van der Waals surface area (Å²) in [6.07, 6.45) is 2.45. The largest absolute Gasteiger partial charge is 0.318 e. The lowest BCUT2D eigenvalue weighted by molar-refractivity contribution is 0.511. The highest BCUT2D eigenvalue weighted by Gasteiger charge is 2.28. The highest BCUT2D eigenvalue weighted by molar-refractivity contribution is 5.79. The fourth-order valence-electron chi connectivity index (χ4n) is 2.66. The quantitative estimate of drug-likeness (QED) is 0.788. The molecule has 0 aliphatic rings. The van der Waals surface area contributed by atoms with Gasteiger partial charge in [0.25, 0.3) is 0 Å². The monoisotopic (exact) mass is 280 g/mol. The van der Waals surface area contributed by atoms with Gasteiger partial charge in [0, 0.05) is 11.6 Å². The number of pyridine rings is 1. The molecule has 0 amide bonds. The number of nitrogens with two attached hydrogens (primary N) is 1. The molecule has 0 saturated carbocycles. The van der Waals surface area contributed by atoms with Gasteiger partial charge in [0.2, 0.25) is 0 Å². The van der Waals surface area contributed by atoms with Gasteiger partial charge in [-0.15, -0.1) is 0 Å². The highest BCUT2D eigenvalue weighted by Crippen LogP contribution is 2.31. The van der Waals surface area contributed by atoms with E-state index in [0.29, 0.717) is 6.42 Å². The third-order valence-corrected chi connectivity index (χ3v) is 4.00. The number of hydrogen-bond acceptors (Lipinski definition) is 2. The van der Waals surface area contributed by atoms with Crippen LogP contribution < -0.4 is 5.73 Å². The van der Waals surface area contributed by atoms with Gasteiger partial charge in [-0.25, -0.2) is 4.39 Å². The summed E-state index contributed by atoms with van der Waals surface area (Å²) in [5, 5.41) is 1.04.